The first-order valence-electron chi connectivity index (χ1n) is 12.4. The highest BCUT2D eigenvalue weighted by Crippen LogP contribution is 2.19. The number of rotatable bonds is 8. The van der Waals surface area contributed by atoms with Gasteiger partial charge in [0.25, 0.3) is 5.91 Å². The van der Waals surface area contributed by atoms with E-state index in [1.54, 1.807) is 54.6 Å². The fraction of sp³-hybridized carbons (Fsp3) is 0.250. The van der Waals surface area contributed by atoms with Gasteiger partial charge < -0.3 is 10.1 Å². The van der Waals surface area contributed by atoms with Gasteiger partial charge in [-0.1, -0.05) is 48.0 Å². The maximum absolute atomic E-state index is 13.5. The highest BCUT2D eigenvalue weighted by Gasteiger charge is 2.22. The van der Waals surface area contributed by atoms with E-state index in [4.69, 9.17) is 16.3 Å². The third-order valence-electron chi connectivity index (χ3n) is 6.51. The van der Waals surface area contributed by atoms with Crippen molar-refractivity contribution in [3.05, 3.63) is 105 Å². The Morgan fingerprint density at radius 3 is 2.38 bits per heavy atom. The van der Waals surface area contributed by atoms with Crippen molar-refractivity contribution in [3.8, 4) is 0 Å². The molecule has 1 aliphatic rings. The quantitative estimate of drug-likeness (QED) is 0.348. The maximum atomic E-state index is 13.5. The van der Waals surface area contributed by atoms with E-state index in [1.165, 1.54) is 16.8 Å². The second-order valence-corrected chi connectivity index (χ2v) is 11.7. The van der Waals surface area contributed by atoms with Gasteiger partial charge in [0.05, 0.1) is 29.0 Å². The molecule has 3 aromatic carbocycles. The third-order valence-corrected chi connectivity index (χ3v) is 8.33. The van der Waals surface area contributed by atoms with Gasteiger partial charge in [0.1, 0.15) is 5.88 Å². The van der Waals surface area contributed by atoms with Crippen LogP contribution < -0.4 is 10.7 Å². The van der Waals surface area contributed by atoms with Crippen LogP contribution in [0.2, 0.25) is 5.02 Å². The molecular weight excluding hydrogens is 540 g/mol. The normalized spacial score (nSPS) is 14.4. The number of sulfone groups is 1. The predicted octanol–water partition coefficient (Wildman–Crippen LogP) is 3.24. The number of carbonyl (C=O) groups excluding carboxylic acids is 1. The molecule has 1 amide bonds. The Morgan fingerprint density at radius 2 is 1.67 bits per heavy atom. The number of morpholine rings is 1. The summed E-state index contributed by atoms with van der Waals surface area (Å²) in [5, 5.41) is 7.76. The van der Waals surface area contributed by atoms with Gasteiger partial charge in [-0.2, -0.15) is 5.10 Å². The molecule has 1 aliphatic heterocycles. The van der Waals surface area contributed by atoms with Crippen LogP contribution in [-0.4, -0.2) is 55.3 Å². The van der Waals surface area contributed by atoms with E-state index < -0.39 is 27.1 Å². The molecule has 1 N–H and O–H groups in total. The Morgan fingerprint density at radius 1 is 0.974 bits per heavy atom. The fourth-order valence-corrected chi connectivity index (χ4v) is 5.80. The zero-order valence-electron chi connectivity index (χ0n) is 21.0. The van der Waals surface area contributed by atoms with E-state index in [0.717, 1.165) is 24.2 Å². The van der Waals surface area contributed by atoms with Crippen LogP contribution in [0.5, 0.6) is 0 Å². The minimum absolute atomic E-state index is 0.122. The van der Waals surface area contributed by atoms with Crippen LogP contribution in [-0.2, 0) is 33.5 Å². The summed E-state index contributed by atoms with van der Waals surface area (Å²) < 4.78 is 33.1. The number of ether oxygens (including phenoxy) is 1. The van der Waals surface area contributed by atoms with Crippen LogP contribution in [0.15, 0.2) is 82.5 Å². The Balaban J connectivity index is 1.52. The monoisotopic (exact) mass is 566 g/mol. The topological polar surface area (TPSA) is 111 Å². The SMILES string of the molecule is O=C(NCc1ccc(Cl)cc1)c1nn(CS(=O)(=O)c2ccccc2)c2ccc(CN3CCOCC3)cc2c1=O. The molecule has 39 heavy (non-hydrogen) atoms. The summed E-state index contributed by atoms with van der Waals surface area (Å²) in [5.41, 5.74) is 1.06. The molecule has 4 aromatic rings. The first-order chi connectivity index (χ1) is 18.8. The number of nitrogens with zero attached hydrogens (tertiary/aromatic N) is 3. The van der Waals surface area contributed by atoms with Crippen molar-refractivity contribution in [2.75, 3.05) is 26.3 Å². The molecule has 0 aliphatic carbocycles. The fourth-order valence-electron chi connectivity index (χ4n) is 4.43. The summed E-state index contributed by atoms with van der Waals surface area (Å²) in [7, 11) is -3.82. The lowest BCUT2D eigenvalue weighted by Gasteiger charge is -2.26. The largest absolute Gasteiger partial charge is 0.379 e. The Bertz CT molecular complexity index is 1650. The maximum Gasteiger partial charge on any atom is 0.276 e. The first-order valence-corrected chi connectivity index (χ1v) is 14.5. The van der Waals surface area contributed by atoms with E-state index >= 15 is 0 Å². The van der Waals surface area contributed by atoms with Gasteiger partial charge in [-0.25, -0.2) is 13.1 Å². The molecule has 0 saturated carbocycles. The molecule has 1 fully saturated rings. The number of aromatic nitrogens is 2. The van der Waals surface area contributed by atoms with Crippen molar-refractivity contribution in [1.29, 1.82) is 0 Å². The summed E-state index contributed by atoms with van der Waals surface area (Å²) in [6, 6.07) is 20.2. The Kier molecular flexibility index (Phi) is 8.08. The second kappa shape index (κ2) is 11.7. The van der Waals surface area contributed by atoms with E-state index in [2.05, 4.69) is 15.3 Å². The Labute approximate surface area is 230 Å². The third kappa shape index (κ3) is 6.36. The van der Waals surface area contributed by atoms with Crippen molar-refractivity contribution >= 4 is 38.2 Å². The van der Waals surface area contributed by atoms with Gasteiger partial charge in [0.2, 0.25) is 5.43 Å². The molecule has 0 atom stereocenters. The van der Waals surface area contributed by atoms with E-state index in [0.29, 0.717) is 30.3 Å². The van der Waals surface area contributed by atoms with Crippen LogP contribution in [0.4, 0.5) is 0 Å². The number of amides is 1. The van der Waals surface area contributed by atoms with Crippen LogP contribution in [0.3, 0.4) is 0 Å². The highest BCUT2D eigenvalue weighted by molar-refractivity contribution is 7.90. The molecule has 2 heterocycles. The number of halogens is 1. The summed E-state index contributed by atoms with van der Waals surface area (Å²) in [4.78, 5) is 29.0. The predicted molar refractivity (Wildman–Crippen MR) is 148 cm³/mol. The van der Waals surface area contributed by atoms with Gasteiger partial charge in [-0.3, -0.25) is 14.5 Å². The zero-order valence-corrected chi connectivity index (χ0v) is 22.6. The summed E-state index contributed by atoms with van der Waals surface area (Å²) in [6.07, 6.45) is 0. The van der Waals surface area contributed by atoms with Gasteiger partial charge >= 0.3 is 0 Å². The number of hydrogen-bond acceptors (Lipinski definition) is 7. The lowest BCUT2D eigenvalue weighted by atomic mass is 10.1. The molecule has 5 rings (SSSR count). The number of fused-ring (bicyclic) bond motifs is 1. The minimum atomic E-state index is -3.82. The Hall–Kier alpha value is -3.57. The van der Waals surface area contributed by atoms with Crippen molar-refractivity contribution in [2.45, 2.75) is 23.9 Å². The second-order valence-electron chi connectivity index (χ2n) is 9.28. The van der Waals surface area contributed by atoms with Crippen LogP contribution >= 0.6 is 11.6 Å². The minimum Gasteiger partial charge on any atom is -0.379 e. The number of nitrogens with one attached hydrogen (secondary N) is 1. The molecule has 0 radical (unpaired) electrons. The van der Waals surface area contributed by atoms with Gasteiger partial charge in [0.15, 0.2) is 15.5 Å². The van der Waals surface area contributed by atoms with Crippen molar-refractivity contribution in [3.63, 3.8) is 0 Å². The number of hydrogen-bond donors (Lipinski definition) is 1. The van der Waals surface area contributed by atoms with Crippen LogP contribution in [0, 0.1) is 0 Å². The molecule has 9 nitrogen and oxygen atoms in total. The summed E-state index contributed by atoms with van der Waals surface area (Å²) in [5.74, 6) is -1.23. The van der Waals surface area contributed by atoms with E-state index in [1.807, 2.05) is 6.07 Å². The molecule has 0 bridgehead atoms. The van der Waals surface area contributed by atoms with Crippen LogP contribution in [0.1, 0.15) is 21.6 Å². The summed E-state index contributed by atoms with van der Waals surface area (Å²) >= 11 is 5.94. The standard InChI is InChI=1S/C28H27ClN4O5S/c29-22-9-6-20(7-10-22)17-30-28(35)26-27(34)24-16-21(18-32-12-14-38-15-13-32)8-11-25(24)33(31-26)19-39(36,37)23-4-2-1-3-5-23/h1-11,16H,12-15,17-19H2,(H,30,35). The molecule has 202 valence electrons. The van der Waals surface area contributed by atoms with E-state index in [9.17, 15) is 18.0 Å². The lowest BCUT2D eigenvalue weighted by molar-refractivity contribution is 0.0342. The zero-order chi connectivity index (χ0) is 27.4. The average molecular weight is 567 g/mol. The number of benzene rings is 3. The lowest BCUT2D eigenvalue weighted by Crippen LogP contribution is -2.35. The number of carbonyl (C=O) groups is 1. The molecule has 1 saturated heterocycles. The van der Waals surface area contributed by atoms with Crippen molar-refractivity contribution in [2.24, 2.45) is 0 Å². The highest BCUT2D eigenvalue weighted by atomic mass is 35.5. The van der Waals surface area contributed by atoms with Gasteiger partial charge in [-0.05, 0) is 47.5 Å². The summed E-state index contributed by atoms with van der Waals surface area (Å²) in [6.45, 7) is 3.56. The molecular formula is C28H27ClN4O5S. The van der Waals surface area contributed by atoms with Crippen molar-refractivity contribution < 1.29 is 17.9 Å². The van der Waals surface area contributed by atoms with Crippen LogP contribution in [0.25, 0.3) is 10.9 Å². The molecule has 11 heteroatoms. The molecule has 1 aromatic heterocycles. The molecule has 0 spiro atoms. The smallest absolute Gasteiger partial charge is 0.276 e. The first kappa shape index (κ1) is 27.0. The molecule has 0 unspecified atom stereocenters. The van der Waals surface area contributed by atoms with E-state index in [-0.39, 0.29) is 22.5 Å². The van der Waals surface area contributed by atoms with Crippen molar-refractivity contribution in [1.82, 2.24) is 20.0 Å². The van der Waals surface area contributed by atoms with Gasteiger partial charge in [0, 0.05) is 31.2 Å². The van der Waals surface area contributed by atoms with Gasteiger partial charge in [-0.15, -0.1) is 0 Å². The average Bonchev–Trinajstić information content (AvgIpc) is 2.95.